The van der Waals surface area contributed by atoms with Gasteiger partial charge in [0.1, 0.15) is 22.6 Å². The van der Waals surface area contributed by atoms with Crippen molar-refractivity contribution in [1.29, 1.82) is 0 Å². The Bertz CT molecular complexity index is 671. The maximum absolute atomic E-state index is 12.6. The fourth-order valence-electron chi connectivity index (χ4n) is 2.67. The first kappa shape index (κ1) is 20.7. The van der Waals surface area contributed by atoms with Crippen LogP contribution in [0.25, 0.3) is 0 Å². The van der Waals surface area contributed by atoms with Gasteiger partial charge in [0, 0.05) is 19.8 Å². The van der Waals surface area contributed by atoms with E-state index in [-0.39, 0.29) is 19.8 Å². The smallest absolute Gasteiger partial charge is 0.410 e. The van der Waals surface area contributed by atoms with Crippen LogP contribution in [0.3, 0.4) is 0 Å². The van der Waals surface area contributed by atoms with Crippen molar-refractivity contribution in [2.45, 2.75) is 32.0 Å². The highest BCUT2D eigenvalue weighted by molar-refractivity contribution is 9.10. The first-order chi connectivity index (χ1) is 12.0. The molecule has 146 valence electrons. The van der Waals surface area contributed by atoms with Crippen LogP contribution in [-0.4, -0.2) is 70.1 Å². The van der Waals surface area contributed by atoms with Crippen LogP contribution in [0.1, 0.15) is 26.6 Å². The molecule has 1 N–H and O–H groups in total. The molecule has 1 aliphatic rings. The van der Waals surface area contributed by atoms with Gasteiger partial charge in [0.05, 0.1) is 19.8 Å². The molecule has 1 saturated heterocycles. The van der Waals surface area contributed by atoms with E-state index in [1.165, 1.54) is 4.90 Å². The van der Waals surface area contributed by atoms with Crippen LogP contribution in [0.15, 0.2) is 10.8 Å². The molecular weight excluding hydrogens is 410 g/mol. The summed E-state index contributed by atoms with van der Waals surface area (Å²) >= 11 is 3.31. The highest BCUT2D eigenvalue weighted by Crippen LogP contribution is 2.30. The van der Waals surface area contributed by atoms with E-state index in [0.29, 0.717) is 17.0 Å². The molecule has 10 heteroatoms. The third-order valence-corrected chi connectivity index (χ3v) is 4.05. The lowest BCUT2D eigenvalue weighted by Gasteiger charge is -2.35. The van der Waals surface area contributed by atoms with Crippen LogP contribution >= 0.6 is 15.9 Å². The fourth-order valence-corrected chi connectivity index (χ4v) is 3.14. The molecule has 0 aromatic carbocycles. The number of aliphatic carboxylic acids is 1. The average Bonchev–Trinajstić information content (AvgIpc) is 2.72. The van der Waals surface area contributed by atoms with Crippen molar-refractivity contribution in [3.05, 3.63) is 16.6 Å². The van der Waals surface area contributed by atoms with Crippen LogP contribution in [0, 0.1) is 0 Å². The van der Waals surface area contributed by atoms with Gasteiger partial charge in [-0.1, -0.05) is 0 Å². The minimum absolute atomic E-state index is 0.0620. The second-order valence-corrected chi connectivity index (χ2v) is 7.94. The van der Waals surface area contributed by atoms with Gasteiger partial charge >= 0.3 is 12.1 Å². The SMILES string of the molecule is Cn1cc(Br)nc1C1(OCC(=O)O)COCCN(C(=O)OC(C)(C)C)C1. The van der Waals surface area contributed by atoms with Gasteiger partial charge < -0.3 is 28.8 Å². The number of carboxylic acids is 1. The predicted molar refractivity (Wildman–Crippen MR) is 94.8 cm³/mol. The summed E-state index contributed by atoms with van der Waals surface area (Å²) in [4.78, 5) is 29.5. The molecule has 1 unspecified atom stereocenters. The maximum atomic E-state index is 12.6. The van der Waals surface area contributed by atoms with Gasteiger partial charge in [-0.2, -0.15) is 0 Å². The summed E-state index contributed by atoms with van der Waals surface area (Å²) in [7, 11) is 1.77. The monoisotopic (exact) mass is 433 g/mol. The van der Waals surface area contributed by atoms with Crippen LogP contribution in [0.5, 0.6) is 0 Å². The van der Waals surface area contributed by atoms with Gasteiger partial charge in [-0.3, -0.25) is 0 Å². The van der Waals surface area contributed by atoms with Crippen molar-refractivity contribution < 1.29 is 28.9 Å². The number of hydrogen-bond acceptors (Lipinski definition) is 6. The highest BCUT2D eigenvalue weighted by Gasteiger charge is 2.44. The van der Waals surface area contributed by atoms with Crippen molar-refractivity contribution in [2.24, 2.45) is 7.05 Å². The molecule has 0 radical (unpaired) electrons. The fraction of sp³-hybridized carbons (Fsp3) is 0.688. The Morgan fingerprint density at radius 1 is 1.46 bits per heavy atom. The molecular formula is C16H24BrN3O6. The average molecular weight is 434 g/mol. The third-order valence-electron chi connectivity index (χ3n) is 3.67. The molecule has 0 saturated carbocycles. The summed E-state index contributed by atoms with van der Waals surface area (Å²) in [5.74, 6) is -0.660. The Morgan fingerprint density at radius 2 is 2.15 bits per heavy atom. The van der Waals surface area contributed by atoms with E-state index in [2.05, 4.69) is 20.9 Å². The maximum Gasteiger partial charge on any atom is 0.410 e. The number of rotatable bonds is 4. The summed E-state index contributed by atoms with van der Waals surface area (Å²) in [6.07, 6.45) is 1.21. The van der Waals surface area contributed by atoms with Gasteiger partial charge in [-0.05, 0) is 36.7 Å². The summed E-state index contributed by atoms with van der Waals surface area (Å²) in [6, 6.07) is 0. The molecule has 1 amide bonds. The van der Waals surface area contributed by atoms with Crippen LogP contribution in [0.4, 0.5) is 4.79 Å². The number of aromatic nitrogens is 2. The number of amides is 1. The number of halogens is 1. The zero-order valence-electron chi connectivity index (χ0n) is 15.3. The number of carbonyl (C=O) groups excluding carboxylic acids is 1. The number of nitrogens with zero attached hydrogens (tertiary/aromatic N) is 3. The number of aryl methyl sites for hydroxylation is 1. The zero-order valence-corrected chi connectivity index (χ0v) is 16.9. The Balaban J connectivity index is 2.36. The van der Waals surface area contributed by atoms with Crippen molar-refractivity contribution >= 4 is 28.0 Å². The normalized spacial score (nSPS) is 21.3. The molecule has 1 atom stereocenters. The van der Waals surface area contributed by atoms with Gasteiger partial charge in [0.15, 0.2) is 5.60 Å². The molecule has 0 aliphatic carbocycles. The zero-order chi connectivity index (χ0) is 19.5. The molecule has 0 spiro atoms. The van der Waals surface area contributed by atoms with Gasteiger partial charge in [0.25, 0.3) is 0 Å². The van der Waals surface area contributed by atoms with Crippen molar-refractivity contribution in [2.75, 3.05) is 32.9 Å². The highest BCUT2D eigenvalue weighted by atomic mass is 79.9. The Morgan fingerprint density at radius 3 is 2.69 bits per heavy atom. The lowest BCUT2D eigenvalue weighted by molar-refractivity contribution is -0.157. The number of hydrogen-bond donors (Lipinski definition) is 1. The molecule has 1 aromatic heterocycles. The summed E-state index contributed by atoms with van der Waals surface area (Å²) in [5.41, 5.74) is -1.88. The molecule has 2 rings (SSSR count). The van der Waals surface area contributed by atoms with E-state index < -0.39 is 29.9 Å². The van der Waals surface area contributed by atoms with Crippen LogP contribution in [0.2, 0.25) is 0 Å². The van der Waals surface area contributed by atoms with Crippen LogP contribution in [-0.2, 0) is 31.7 Å². The first-order valence-electron chi connectivity index (χ1n) is 8.13. The van der Waals surface area contributed by atoms with Crippen molar-refractivity contribution in [3.8, 4) is 0 Å². The van der Waals surface area contributed by atoms with Crippen molar-refractivity contribution in [3.63, 3.8) is 0 Å². The molecule has 0 bridgehead atoms. The lowest BCUT2D eigenvalue weighted by atomic mass is 10.0. The Labute approximate surface area is 160 Å². The molecule has 26 heavy (non-hydrogen) atoms. The second-order valence-electron chi connectivity index (χ2n) is 7.13. The van der Waals surface area contributed by atoms with E-state index in [1.807, 2.05) is 0 Å². The number of ether oxygens (including phenoxy) is 3. The molecule has 9 nitrogen and oxygen atoms in total. The quantitative estimate of drug-likeness (QED) is 0.770. The van der Waals surface area contributed by atoms with Gasteiger partial charge in [0.2, 0.25) is 0 Å². The number of carbonyl (C=O) groups is 2. The molecule has 1 fully saturated rings. The van der Waals surface area contributed by atoms with E-state index in [0.717, 1.165) is 0 Å². The molecule has 1 aromatic rings. The van der Waals surface area contributed by atoms with E-state index in [4.69, 9.17) is 19.3 Å². The summed E-state index contributed by atoms with van der Waals surface area (Å²) in [6.45, 7) is 5.51. The van der Waals surface area contributed by atoms with Crippen molar-refractivity contribution in [1.82, 2.24) is 14.5 Å². The molecule has 1 aliphatic heterocycles. The largest absolute Gasteiger partial charge is 0.480 e. The van der Waals surface area contributed by atoms with Gasteiger partial charge in [-0.25, -0.2) is 14.6 Å². The minimum atomic E-state index is -1.23. The van der Waals surface area contributed by atoms with E-state index in [1.54, 1.807) is 38.6 Å². The summed E-state index contributed by atoms with van der Waals surface area (Å²) in [5, 5.41) is 9.07. The summed E-state index contributed by atoms with van der Waals surface area (Å²) < 4.78 is 19.1. The standard InChI is InChI=1S/C16H24BrN3O6/c1-15(2,3)26-14(23)20-5-6-24-10-16(9-20,25-8-12(21)22)13-18-11(17)7-19(13)4/h7H,5-6,8-10H2,1-4H3,(H,21,22). The Kier molecular flexibility index (Phi) is 6.30. The predicted octanol–water partition coefficient (Wildman–Crippen LogP) is 1.75. The Hall–Kier alpha value is -1.65. The van der Waals surface area contributed by atoms with Crippen LogP contribution < -0.4 is 0 Å². The topological polar surface area (TPSA) is 103 Å². The lowest BCUT2D eigenvalue weighted by Crippen LogP contribution is -2.49. The first-order valence-corrected chi connectivity index (χ1v) is 8.92. The third kappa shape index (κ3) is 5.18. The van der Waals surface area contributed by atoms with Gasteiger partial charge in [-0.15, -0.1) is 0 Å². The number of carboxylic acid groups (broad SMARTS) is 1. The minimum Gasteiger partial charge on any atom is -0.480 e. The molecule has 2 heterocycles. The van der Waals surface area contributed by atoms with E-state index >= 15 is 0 Å². The second kappa shape index (κ2) is 7.93. The number of imidazole rings is 1. The van der Waals surface area contributed by atoms with E-state index in [9.17, 15) is 9.59 Å².